The van der Waals surface area contributed by atoms with Gasteiger partial charge in [-0.15, -0.1) is 0 Å². The number of carbonyl (C=O) groups excluding carboxylic acids is 1. The van der Waals surface area contributed by atoms with E-state index in [0.717, 1.165) is 23.1 Å². The molecule has 0 aliphatic heterocycles. The van der Waals surface area contributed by atoms with Gasteiger partial charge in [-0.05, 0) is 84.0 Å². The first-order valence-electron chi connectivity index (χ1n) is 13.7. The van der Waals surface area contributed by atoms with Gasteiger partial charge in [-0.1, -0.05) is 99.3 Å². The summed E-state index contributed by atoms with van der Waals surface area (Å²) in [6.07, 6.45) is 9.48. The van der Waals surface area contributed by atoms with Crippen LogP contribution in [0.1, 0.15) is 79.0 Å². The number of hydrogen-bond donors (Lipinski definition) is 0. The number of carbonyl (C=O) groups is 1. The highest BCUT2D eigenvalue weighted by atomic mass is 16.5. The average Bonchev–Trinajstić information content (AvgIpc) is 2.97. The van der Waals surface area contributed by atoms with Gasteiger partial charge in [0, 0.05) is 6.21 Å². The molecule has 0 N–H and O–H groups in total. The van der Waals surface area contributed by atoms with Crippen molar-refractivity contribution in [2.75, 3.05) is 0 Å². The van der Waals surface area contributed by atoms with Crippen LogP contribution in [0, 0.1) is 0 Å². The van der Waals surface area contributed by atoms with Crippen molar-refractivity contribution in [2.24, 2.45) is 4.99 Å². The van der Waals surface area contributed by atoms with Crippen LogP contribution in [0.15, 0.2) is 108 Å². The molecule has 1 unspecified atom stereocenters. The van der Waals surface area contributed by atoms with E-state index in [0.29, 0.717) is 11.3 Å². The van der Waals surface area contributed by atoms with E-state index in [-0.39, 0.29) is 12.0 Å². The number of benzene rings is 4. The molecule has 3 heteroatoms. The minimum atomic E-state index is -0.367. The SMILES string of the molecule is CCCCCCCc1ccc(-c2ccc(C(=O)Oc3ccc(C=NC(C)c4ccccc4)cc3)cc2)cc1. The van der Waals surface area contributed by atoms with Crippen LogP contribution in [0.4, 0.5) is 0 Å². The highest BCUT2D eigenvalue weighted by molar-refractivity contribution is 5.91. The highest BCUT2D eigenvalue weighted by Gasteiger charge is 2.09. The summed E-state index contributed by atoms with van der Waals surface area (Å²) in [6.45, 7) is 4.32. The molecule has 0 aromatic heterocycles. The molecule has 4 aromatic carbocycles. The van der Waals surface area contributed by atoms with Crippen LogP contribution in [0.2, 0.25) is 0 Å². The molecular formula is C35H37NO2. The lowest BCUT2D eigenvalue weighted by Gasteiger charge is -2.08. The summed E-state index contributed by atoms with van der Waals surface area (Å²) < 4.78 is 5.59. The zero-order valence-corrected chi connectivity index (χ0v) is 22.5. The molecule has 3 nitrogen and oxygen atoms in total. The fourth-order valence-corrected chi connectivity index (χ4v) is 4.40. The average molecular weight is 504 g/mol. The molecule has 0 saturated heterocycles. The van der Waals surface area contributed by atoms with Gasteiger partial charge in [-0.2, -0.15) is 0 Å². The van der Waals surface area contributed by atoms with Crippen LogP contribution in [0.25, 0.3) is 11.1 Å². The number of rotatable bonds is 12. The van der Waals surface area contributed by atoms with Crippen molar-refractivity contribution < 1.29 is 9.53 Å². The molecule has 38 heavy (non-hydrogen) atoms. The Balaban J connectivity index is 1.29. The third kappa shape index (κ3) is 8.01. The number of hydrogen-bond acceptors (Lipinski definition) is 3. The molecule has 0 heterocycles. The number of esters is 1. The fourth-order valence-electron chi connectivity index (χ4n) is 4.40. The van der Waals surface area contributed by atoms with E-state index in [1.807, 2.05) is 60.8 Å². The van der Waals surface area contributed by atoms with E-state index in [1.165, 1.54) is 43.2 Å². The maximum atomic E-state index is 12.7. The Morgan fingerprint density at radius 2 is 1.39 bits per heavy atom. The van der Waals surface area contributed by atoms with Crippen LogP contribution in [0.5, 0.6) is 5.75 Å². The van der Waals surface area contributed by atoms with Gasteiger partial charge >= 0.3 is 5.97 Å². The Morgan fingerprint density at radius 3 is 2.05 bits per heavy atom. The first kappa shape index (κ1) is 27.1. The number of nitrogens with zero attached hydrogens (tertiary/aromatic N) is 1. The number of aliphatic imine (C=N–C) groups is 1. The second-order valence-corrected chi connectivity index (χ2v) is 9.76. The van der Waals surface area contributed by atoms with Crippen molar-refractivity contribution >= 4 is 12.2 Å². The van der Waals surface area contributed by atoms with E-state index in [9.17, 15) is 4.79 Å². The second kappa shape index (κ2) is 14.1. The lowest BCUT2D eigenvalue weighted by atomic mass is 10.00. The fraction of sp³-hybridized carbons (Fsp3) is 0.257. The summed E-state index contributed by atoms with van der Waals surface area (Å²) in [5.41, 5.74) is 6.28. The third-order valence-electron chi connectivity index (χ3n) is 6.80. The van der Waals surface area contributed by atoms with Gasteiger partial charge in [0.1, 0.15) is 5.75 Å². The lowest BCUT2D eigenvalue weighted by Crippen LogP contribution is -2.08. The molecule has 1 atom stereocenters. The zero-order chi connectivity index (χ0) is 26.6. The number of ether oxygens (including phenoxy) is 1. The predicted octanol–water partition coefficient (Wildman–Crippen LogP) is 9.27. The molecular weight excluding hydrogens is 466 g/mol. The second-order valence-electron chi connectivity index (χ2n) is 9.76. The van der Waals surface area contributed by atoms with Crippen LogP contribution < -0.4 is 4.74 Å². The molecule has 0 spiro atoms. The van der Waals surface area contributed by atoms with Gasteiger partial charge in [-0.25, -0.2) is 4.79 Å². The molecule has 0 bridgehead atoms. The maximum Gasteiger partial charge on any atom is 0.343 e. The van der Waals surface area contributed by atoms with Gasteiger partial charge in [-0.3, -0.25) is 4.99 Å². The van der Waals surface area contributed by atoms with Crippen LogP contribution >= 0.6 is 0 Å². The van der Waals surface area contributed by atoms with E-state index in [2.05, 4.69) is 55.2 Å². The molecule has 0 fully saturated rings. The Kier molecular flexibility index (Phi) is 10.0. The summed E-state index contributed by atoms with van der Waals surface area (Å²) in [5, 5.41) is 0. The quantitative estimate of drug-likeness (QED) is 0.0836. The Bertz CT molecular complexity index is 1290. The minimum Gasteiger partial charge on any atom is -0.423 e. The van der Waals surface area contributed by atoms with Gasteiger partial charge in [0.15, 0.2) is 0 Å². The Morgan fingerprint density at radius 1 is 0.763 bits per heavy atom. The molecule has 0 amide bonds. The van der Waals surface area contributed by atoms with Crippen LogP contribution in [-0.4, -0.2) is 12.2 Å². The topological polar surface area (TPSA) is 38.7 Å². The molecule has 4 rings (SSSR count). The van der Waals surface area contributed by atoms with Crippen molar-refractivity contribution in [3.63, 3.8) is 0 Å². The Labute approximate surface area is 227 Å². The van der Waals surface area contributed by atoms with E-state index >= 15 is 0 Å². The van der Waals surface area contributed by atoms with Crippen molar-refractivity contribution in [1.29, 1.82) is 0 Å². The van der Waals surface area contributed by atoms with Gasteiger partial charge < -0.3 is 4.74 Å². The smallest absolute Gasteiger partial charge is 0.343 e. The van der Waals surface area contributed by atoms with Crippen molar-refractivity contribution in [3.05, 3.63) is 125 Å². The number of unbranched alkanes of at least 4 members (excludes halogenated alkanes) is 4. The molecule has 194 valence electrons. The highest BCUT2D eigenvalue weighted by Crippen LogP contribution is 2.22. The monoisotopic (exact) mass is 503 g/mol. The predicted molar refractivity (Wildman–Crippen MR) is 158 cm³/mol. The maximum absolute atomic E-state index is 12.7. The van der Waals surface area contributed by atoms with Crippen molar-refractivity contribution in [1.82, 2.24) is 0 Å². The molecule has 0 saturated carbocycles. The van der Waals surface area contributed by atoms with Gasteiger partial charge in [0.05, 0.1) is 11.6 Å². The number of aryl methyl sites for hydroxylation is 1. The van der Waals surface area contributed by atoms with Gasteiger partial charge in [0.25, 0.3) is 0 Å². The zero-order valence-electron chi connectivity index (χ0n) is 22.5. The largest absolute Gasteiger partial charge is 0.423 e. The summed E-state index contributed by atoms with van der Waals surface area (Å²) in [5.74, 6) is 0.145. The third-order valence-corrected chi connectivity index (χ3v) is 6.80. The first-order valence-corrected chi connectivity index (χ1v) is 13.7. The van der Waals surface area contributed by atoms with Crippen LogP contribution in [0.3, 0.4) is 0 Å². The van der Waals surface area contributed by atoms with E-state index in [1.54, 1.807) is 12.1 Å². The van der Waals surface area contributed by atoms with Crippen molar-refractivity contribution in [3.8, 4) is 16.9 Å². The normalized spacial score (nSPS) is 11.9. The summed E-state index contributed by atoms with van der Waals surface area (Å²) in [4.78, 5) is 17.3. The molecule has 0 radical (unpaired) electrons. The van der Waals surface area contributed by atoms with E-state index < -0.39 is 0 Å². The lowest BCUT2D eigenvalue weighted by molar-refractivity contribution is 0.0735. The molecule has 0 aliphatic carbocycles. The first-order chi connectivity index (χ1) is 18.6. The Hall–Kier alpha value is -3.98. The van der Waals surface area contributed by atoms with Crippen molar-refractivity contribution in [2.45, 2.75) is 58.4 Å². The standard InChI is InChI=1S/C35H37NO2/c1-3-4-5-6-8-11-28-14-18-31(19-15-28)32-20-22-33(23-21-32)35(37)38-34-24-16-29(17-25-34)26-36-27(2)30-12-9-7-10-13-30/h7,9-10,12-27H,3-6,8,11H2,1-2H3. The summed E-state index contributed by atoms with van der Waals surface area (Å²) in [7, 11) is 0. The molecule has 4 aromatic rings. The minimum absolute atomic E-state index is 0.0786. The van der Waals surface area contributed by atoms with E-state index in [4.69, 9.17) is 4.74 Å². The summed E-state index contributed by atoms with van der Waals surface area (Å²) >= 11 is 0. The van der Waals surface area contributed by atoms with Gasteiger partial charge in [0.2, 0.25) is 0 Å². The molecule has 0 aliphatic rings. The van der Waals surface area contributed by atoms with Crippen LogP contribution in [-0.2, 0) is 6.42 Å². The summed E-state index contributed by atoms with van der Waals surface area (Å²) in [6, 6.07) is 34.0.